The topological polar surface area (TPSA) is 29.1 Å². The molecule has 3 heteroatoms. The standard InChI is InChI=1S/C17H24ClNO/c1-3-7-17(8-4-9-19-12-17)16(20)11-14-6-5-13(2)10-15(14)18/h5-6,10,19H,3-4,7-9,11-12H2,1-2H3. The first-order chi connectivity index (χ1) is 9.57. The maximum atomic E-state index is 12.8. The summed E-state index contributed by atoms with van der Waals surface area (Å²) >= 11 is 6.27. The van der Waals surface area contributed by atoms with E-state index in [0.717, 1.165) is 49.9 Å². The predicted octanol–water partition coefficient (Wildman–Crippen LogP) is 3.93. The van der Waals surface area contributed by atoms with Crippen molar-refractivity contribution in [2.75, 3.05) is 13.1 Å². The van der Waals surface area contributed by atoms with Crippen LogP contribution >= 0.6 is 11.6 Å². The van der Waals surface area contributed by atoms with Crippen molar-refractivity contribution in [1.82, 2.24) is 5.32 Å². The molecule has 0 aromatic heterocycles. The summed E-state index contributed by atoms with van der Waals surface area (Å²) in [6, 6.07) is 5.96. The second-order valence-corrected chi connectivity index (χ2v) is 6.41. The fraction of sp³-hybridized carbons (Fsp3) is 0.588. The highest BCUT2D eigenvalue weighted by molar-refractivity contribution is 6.31. The largest absolute Gasteiger partial charge is 0.316 e. The lowest BCUT2D eigenvalue weighted by Crippen LogP contribution is -2.46. The van der Waals surface area contributed by atoms with Crippen molar-refractivity contribution < 1.29 is 4.79 Å². The monoisotopic (exact) mass is 293 g/mol. The zero-order valence-electron chi connectivity index (χ0n) is 12.5. The predicted molar refractivity (Wildman–Crippen MR) is 84.3 cm³/mol. The summed E-state index contributed by atoms with van der Waals surface area (Å²) in [6.07, 6.45) is 4.59. The molecule has 1 N–H and O–H groups in total. The number of carbonyl (C=O) groups is 1. The molecule has 1 fully saturated rings. The minimum atomic E-state index is -0.179. The fourth-order valence-electron chi connectivity index (χ4n) is 3.19. The van der Waals surface area contributed by atoms with Crippen LogP contribution in [-0.4, -0.2) is 18.9 Å². The number of carbonyl (C=O) groups excluding carboxylic acids is 1. The van der Waals surface area contributed by atoms with Crippen molar-refractivity contribution in [3.05, 3.63) is 34.3 Å². The number of benzene rings is 1. The molecule has 2 nitrogen and oxygen atoms in total. The third-order valence-corrected chi connectivity index (χ3v) is 4.70. The van der Waals surface area contributed by atoms with Gasteiger partial charge in [0.1, 0.15) is 5.78 Å². The summed E-state index contributed by atoms with van der Waals surface area (Å²) in [7, 11) is 0. The SMILES string of the molecule is CCCC1(C(=O)Cc2ccc(C)cc2Cl)CCCNC1. The molecule has 1 aromatic carbocycles. The number of piperidine rings is 1. The van der Waals surface area contributed by atoms with E-state index in [2.05, 4.69) is 12.2 Å². The van der Waals surface area contributed by atoms with Gasteiger partial charge in [0.25, 0.3) is 0 Å². The van der Waals surface area contributed by atoms with E-state index < -0.39 is 0 Å². The van der Waals surface area contributed by atoms with Crippen LogP contribution in [0.25, 0.3) is 0 Å². The fourth-order valence-corrected chi connectivity index (χ4v) is 3.50. The number of nitrogens with one attached hydrogen (secondary N) is 1. The lowest BCUT2D eigenvalue weighted by atomic mass is 9.72. The smallest absolute Gasteiger partial charge is 0.144 e. The number of rotatable bonds is 5. The molecule has 1 unspecified atom stereocenters. The summed E-state index contributed by atoms with van der Waals surface area (Å²) in [5.41, 5.74) is 1.92. The molecule has 1 aliphatic rings. The maximum absolute atomic E-state index is 12.8. The van der Waals surface area contributed by atoms with Crippen molar-refractivity contribution in [2.45, 2.75) is 46.0 Å². The molecule has 20 heavy (non-hydrogen) atoms. The first-order valence-electron chi connectivity index (χ1n) is 7.56. The van der Waals surface area contributed by atoms with E-state index >= 15 is 0 Å². The first kappa shape index (κ1) is 15.5. The van der Waals surface area contributed by atoms with E-state index in [-0.39, 0.29) is 5.41 Å². The lowest BCUT2D eigenvalue weighted by Gasteiger charge is -2.36. The van der Waals surface area contributed by atoms with E-state index in [9.17, 15) is 4.79 Å². The van der Waals surface area contributed by atoms with Crippen LogP contribution in [0.2, 0.25) is 5.02 Å². The average Bonchev–Trinajstić information content (AvgIpc) is 2.43. The van der Waals surface area contributed by atoms with Crippen molar-refractivity contribution >= 4 is 17.4 Å². The summed E-state index contributed by atoms with van der Waals surface area (Å²) in [5, 5.41) is 4.11. The Balaban J connectivity index is 2.15. The van der Waals surface area contributed by atoms with Gasteiger partial charge >= 0.3 is 0 Å². The third kappa shape index (κ3) is 3.42. The maximum Gasteiger partial charge on any atom is 0.144 e. The Labute approximate surface area is 126 Å². The van der Waals surface area contributed by atoms with Crippen molar-refractivity contribution in [1.29, 1.82) is 0 Å². The van der Waals surface area contributed by atoms with Gasteiger partial charge in [-0.3, -0.25) is 4.79 Å². The Bertz CT molecular complexity index is 472. The van der Waals surface area contributed by atoms with Gasteiger partial charge in [-0.05, 0) is 49.9 Å². The van der Waals surface area contributed by atoms with Gasteiger partial charge < -0.3 is 5.32 Å². The van der Waals surface area contributed by atoms with Crippen LogP contribution < -0.4 is 5.32 Å². The summed E-state index contributed by atoms with van der Waals surface area (Å²) in [4.78, 5) is 12.8. The minimum absolute atomic E-state index is 0.179. The molecular formula is C17H24ClNO. The molecule has 110 valence electrons. The Morgan fingerprint density at radius 3 is 2.85 bits per heavy atom. The highest BCUT2D eigenvalue weighted by Gasteiger charge is 2.38. The van der Waals surface area contributed by atoms with Gasteiger partial charge in [0.05, 0.1) is 0 Å². The van der Waals surface area contributed by atoms with Crippen LogP contribution in [-0.2, 0) is 11.2 Å². The molecule has 0 aliphatic carbocycles. The molecular weight excluding hydrogens is 270 g/mol. The summed E-state index contributed by atoms with van der Waals surface area (Å²) < 4.78 is 0. The Morgan fingerprint density at radius 2 is 2.25 bits per heavy atom. The van der Waals surface area contributed by atoms with Crippen molar-refractivity contribution in [3.63, 3.8) is 0 Å². The van der Waals surface area contributed by atoms with E-state index in [1.165, 1.54) is 0 Å². The van der Waals surface area contributed by atoms with Crippen LogP contribution in [0.3, 0.4) is 0 Å². The van der Waals surface area contributed by atoms with Crippen molar-refractivity contribution in [2.24, 2.45) is 5.41 Å². The second-order valence-electron chi connectivity index (χ2n) is 6.01. The molecule has 1 atom stereocenters. The van der Waals surface area contributed by atoms with Gasteiger partial charge in [-0.2, -0.15) is 0 Å². The van der Waals surface area contributed by atoms with Crippen LogP contribution in [0.15, 0.2) is 18.2 Å². The van der Waals surface area contributed by atoms with E-state index in [4.69, 9.17) is 11.6 Å². The van der Waals surface area contributed by atoms with E-state index in [1.54, 1.807) is 0 Å². The Kier molecular flexibility index (Phi) is 5.22. The van der Waals surface area contributed by atoms with Gasteiger partial charge in [0.15, 0.2) is 0 Å². The lowest BCUT2D eigenvalue weighted by molar-refractivity contribution is -0.129. The number of ketones is 1. The van der Waals surface area contributed by atoms with Gasteiger partial charge in [-0.1, -0.05) is 37.1 Å². The highest BCUT2D eigenvalue weighted by Crippen LogP contribution is 2.34. The van der Waals surface area contributed by atoms with Crippen molar-refractivity contribution in [3.8, 4) is 0 Å². The molecule has 1 saturated heterocycles. The molecule has 0 amide bonds. The van der Waals surface area contributed by atoms with E-state index in [0.29, 0.717) is 17.2 Å². The normalized spacial score (nSPS) is 22.8. The zero-order valence-corrected chi connectivity index (χ0v) is 13.2. The highest BCUT2D eigenvalue weighted by atomic mass is 35.5. The van der Waals surface area contributed by atoms with Gasteiger partial charge in [0.2, 0.25) is 0 Å². The Morgan fingerprint density at radius 1 is 1.45 bits per heavy atom. The molecule has 0 saturated carbocycles. The zero-order chi connectivity index (χ0) is 14.6. The average molecular weight is 294 g/mol. The van der Waals surface area contributed by atoms with Gasteiger partial charge in [0, 0.05) is 23.4 Å². The molecule has 0 radical (unpaired) electrons. The van der Waals surface area contributed by atoms with Gasteiger partial charge in [-0.25, -0.2) is 0 Å². The molecule has 0 spiro atoms. The number of aryl methyl sites for hydroxylation is 1. The Hall–Kier alpha value is -0.860. The molecule has 1 heterocycles. The van der Waals surface area contributed by atoms with Crippen LogP contribution in [0.1, 0.15) is 43.7 Å². The number of halogens is 1. The molecule has 1 aliphatic heterocycles. The number of hydrogen-bond acceptors (Lipinski definition) is 2. The van der Waals surface area contributed by atoms with Crippen LogP contribution in [0, 0.1) is 12.3 Å². The van der Waals surface area contributed by atoms with Gasteiger partial charge in [-0.15, -0.1) is 0 Å². The van der Waals surface area contributed by atoms with E-state index in [1.807, 2.05) is 25.1 Å². The number of Topliss-reactive ketones (excluding diaryl/α,β-unsaturated/α-hetero) is 1. The molecule has 0 bridgehead atoms. The minimum Gasteiger partial charge on any atom is -0.316 e. The first-order valence-corrected chi connectivity index (χ1v) is 7.94. The third-order valence-electron chi connectivity index (χ3n) is 4.35. The van der Waals surface area contributed by atoms with Crippen LogP contribution in [0.4, 0.5) is 0 Å². The second kappa shape index (κ2) is 6.73. The molecule has 1 aromatic rings. The summed E-state index contributed by atoms with van der Waals surface area (Å²) in [5.74, 6) is 0.345. The quantitative estimate of drug-likeness (QED) is 0.891. The number of hydrogen-bond donors (Lipinski definition) is 1. The molecule has 2 rings (SSSR count). The summed E-state index contributed by atoms with van der Waals surface area (Å²) in [6.45, 7) is 6.02. The van der Waals surface area contributed by atoms with Crippen LogP contribution in [0.5, 0.6) is 0 Å².